The molecular weight excluding hydrogens is 218 g/mol. The van der Waals surface area contributed by atoms with Gasteiger partial charge in [0, 0.05) is 11.4 Å². The molecule has 0 unspecified atom stereocenters. The van der Waals surface area contributed by atoms with E-state index in [1.807, 2.05) is 12.1 Å². The van der Waals surface area contributed by atoms with E-state index in [9.17, 15) is 0 Å². The van der Waals surface area contributed by atoms with E-state index < -0.39 is 0 Å². The molecule has 0 amide bonds. The second-order valence-electron chi connectivity index (χ2n) is 3.54. The van der Waals surface area contributed by atoms with Gasteiger partial charge in [-0.05, 0) is 30.5 Å². The molecule has 2 rings (SSSR count). The summed E-state index contributed by atoms with van der Waals surface area (Å²) in [5, 5.41) is 2.10. The van der Waals surface area contributed by atoms with E-state index in [0.29, 0.717) is 5.69 Å². The Morgan fingerprint density at radius 2 is 2.25 bits per heavy atom. The number of thiophene rings is 1. The molecule has 0 radical (unpaired) electrons. The van der Waals surface area contributed by atoms with Crippen LogP contribution in [0.2, 0.25) is 0 Å². The molecule has 0 fully saturated rings. The van der Waals surface area contributed by atoms with Crippen molar-refractivity contribution in [3.8, 4) is 0 Å². The molecule has 84 valence electrons. The van der Waals surface area contributed by atoms with Gasteiger partial charge in [-0.1, -0.05) is 6.07 Å². The predicted octanol–water partition coefficient (Wildman–Crippen LogP) is 2.75. The van der Waals surface area contributed by atoms with Gasteiger partial charge in [0.25, 0.3) is 0 Å². The molecule has 0 spiro atoms. The highest BCUT2D eigenvalue weighted by atomic mass is 32.1. The molecule has 0 bridgehead atoms. The van der Waals surface area contributed by atoms with Crippen LogP contribution in [-0.2, 0) is 6.54 Å². The Kier molecular flexibility index (Phi) is 3.41. The lowest BCUT2D eigenvalue weighted by molar-refractivity contribution is 0.824. The fourth-order valence-electron chi connectivity index (χ4n) is 1.53. The Labute approximate surface area is 99.5 Å². The number of nitrogens with zero attached hydrogens (tertiary/aromatic N) is 2. The van der Waals surface area contributed by atoms with Gasteiger partial charge in [-0.25, -0.2) is 4.98 Å². The number of hydrogen-bond donors (Lipinski definition) is 1. The number of nitrogen functional groups attached to an aromatic ring is 1. The summed E-state index contributed by atoms with van der Waals surface area (Å²) >= 11 is 1.77. The highest BCUT2D eigenvalue weighted by Gasteiger charge is 2.06. The number of anilines is 2. The molecular formula is C12H15N3S. The number of aromatic nitrogens is 1. The zero-order chi connectivity index (χ0) is 11.4. The molecule has 2 aromatic rings. The lowest BCUT2D eigenvalue weighted by atomic mass is 10.3. The third-order valence-electron chi connectivity index (χ3n) is 2.40. The van der Waals surface area contributed by atoms with Gasteiger partial charge < -0.3 is 10.6 Å². The number of pyridine rings is 1. The van der Waals surface area contributed by atoms with Crippen LogP contribution in [0.25, 0.3) is 0 Å². The Morgan fingerprint density at radius 3 is 2.81 bits per heavy atom. The van der Waals surface area contributed by atoms with Crippen LogP contribution in [0.1, 0.15) is 11.8 Å². The second kappa shape index (κ2) is 4.99. The summed E-state index contributed by atoms with van der Waals surface area (Å²) in [6, 6.07) is 8.07. The van der Waals surface area contributed by atoms with Crippen molar-refractivity contribution in [3.63, 3.8) is 0 Å². The van der Waals surface area contributed by atoms with E-state index >= 15 is 0 Å². The van der Waals surface area contributed by atoms with Gasteiger partial charge in [0.05, 0.1) is 18.4 Å². The van der Waals surface area contributed by atoms with E-state index in [0.717, 1.165) is 18.9 Å². The van der Waals surface area contributed by atoms with Crippen LogP contribution >= 0.6 is 11.3 Å². The molecule has 2 N–H and O–H groups in total. The molecule has 3 nitrogen and oxygen atoms in total. The van der Waals surface area contributed by atoms with Gasteiger partial charge in [0.1, 0.15) is 5.82 Å². The van der Waals surface area contributed by atoms with Crippen molar-refractivity contribution in [2.45, 2.75) is 13.5 Å². The third kappa shape index (κ3) is 2.52. The van der Waals surface area contributed by atoms with Gasteiger partial charge in [-0.15, -0.1) is 11.3 Å². The van der Waals surface area contributed by atoms with Crippen LogP contribution in [0.5, 0.6) is 0 Å². The smallest absolute Gasteiger partial charge is 0.128 e. The Bertz CT molecular complexity index is 422. The third-order valence-corrected chi connectivity index (χ3v) is 3.26. The van der Waals surface area contributed by atoms with Crippen LogP contribution in [0.15, 0.2) is 35.8 Å². The SMILES string of the molecule is CCN(Cc1cccs1)c1ccc(N)cn1. The normalized spacial score (nSPS) is 10.3. The fraction of sp³-hybridized carbons (Fsp3) is 0.250. The fourth-order valence-corrected chi connectivity index (χ4v) is 2.25. The van der Waals surface area contributed by atoms with Crippen molar-refractivity contribution < 1.29 is 0 Å². The summed E-state index contributed by atoms with van der Waals surface area (Å²) in [5.41, 5.74) is 6.33. The molecule has 0 atom stereocenters. The number of nitrogens with two attached hydrogens (primary N) is 1. The number of hydrogen-bond acceptors (Lipinski definition) is 4. The highest BCUT2D eigenvalue weighted by molar-refractivity contribution is 7.09. The van der Waals surface area contributed by atoms with E-state index in [4.69, 9.17) is 5.73 Å². The molecule has 4 heteroatoms. The van der Waals surface area contributed by atoms with E-state index in [1.54, 1.807) is 17.5 Å². The van der Waals surface area contributed by atoms with Crippen LogP contribution in [-0.4, -0.2) is 11.5 Å². The summed E-state index contributed by atoms with van der Waals surface area (Å²) in [5.74, 6) is 0.977. The average Bonchev–Trinajstić information content (AvgIpc) is 2.80. The maximum Gasteiger partial charge on any atom is 0.128 e. The lowest BCUT2D eigenvalue weighted by Crippen LogP contribution is -2.22. The highest BCUT2D eigenvalue weighted by Crippen LogP contribution is 2.17. The van der Waals surface area contributed by atoms with Crippen molar-refractivity contribution in [2.24, 2.45) is 0 Å². The van der Waals surface area contributed by atoms with Crippen molar-refractivity contribution in [1.82, 2.24) is 4.98 Å². The molecule has 0 aliphatic carbocycles. The minimum atomic E-state index is 0.705. The Balaban J connectivity index is 2.13. The van der Waals surface area contributed by atoms with Crippen molar-refractivity contribution in [3.05, 3.63) is 40.7 Å². The summed E-state index contributed by atoms with van der Waals surface area (Å²) in [7, 11) is 0. The van der Waals surface area contributed by atoms with Crippen LogP contribution in [0.4, 0.5) is 11.5 Å². The Hall–Kier alpha value is -1.55. The minimum Gasteiger partial charge on any atom is -0.397 e. The first-order chi connectivity index (χ1) is 7.79. The van der Waals surface area contributed by atoms with Gasteiger partial charge in [-0.2, -0.15) is 0 Å². The number of rotatable bonds is 4. The quantitative estimate of drug-likeness (QED) is 0.883. The molecule has 0 saturated carbocycles. The molecule has 0 aromatic carbocycles. The molecule has 0 aliphatic heterocycles. The molecule has 0 aliphatic rings. The van der Waals surface area contributed by atoms with Gasteiger partial charge in [-0.3, -0.25) is 0 Å². The topological polar surface area (TPSA) is 42.1 Å². The first-order valence-corrected chi connectivity index (χ1v) is 6.16. The molecule has 0 saturated heterocycles. The van der Waals surface area contributed by atoms with E-state index in [-0.39, 0.29) is 0 Å². The summed E-state index contributed by atoms with van der Waals surface area (Å²) in [4.78, 5) is 7.91. The van der Waals surface area contributed by atoms with Crippen molar-refractivity contribution in [2.75, 3.05) is 17.2 Å². The zero-order valence-electron chi connectivity index (χ0n) is 9.26. The first-order valence-electron chi connectivity index (χ1n) is 5.28. The van der Waals surface area contributed by atoms with Crippen molar-refractivity contribution in [1.29, 1.82) is 0 Å². The van der Waals surface area contributed by atoms with Gasteiger partial charge in [0.2, 0.25) is 0 Å². The summed E-state index contributed by atoms with van der Waals surface area (Å²) < 4.78 is 0. The predicted molar refractivity (Wildman–Crippen MR) is 69.7 cm³/mol. The maximum atomic E-state index is 5.63. The van der Waals surface area contributed by atoms with Crippen molar-refractivity contribution >= 4 is 22.8 Å². The molecule has 2 aromatic heterocycles. The molecule has 2 heterocycles. The van der Waals surface area contributed by atoms with E-state index in [2.05, 4.69) is 34.3 Å². The van der Waals surface area contributed by atoms with Crippen LogP contribution in [0.3, 0.4) is 0 Å². The standard InChI is InChI=1S/C12H15N3S/c1-2-15(9-11-4-3-7-16-11)12-6-5-10(13)8-14-12/h3-8H,2,9,13H2,1H3. The van der Waals surface area contributed by atoms with Crippen LogP contribution in [0, 0.1) is 0 Å². The summed E-state index contributed by atoms with van der Waals surface area (Å²) in [6.45, 7) is 3.98. The largest absolute Gasteiger partial charge is 0.397 e. The lowest BCUT2D eigenvalue weighted by Gasteiger charge is -2.21. The average molecular weight is 233 g/mol. The van der Waals surface area contributed by atoms with E-state index in [1.165, 1.54) is 4.88 Å². The van der Waals surface area contributed by atoms with Gasteiger partial charge >= 0.3 is 0 Å². The molecule has 16 heavy (non-hydrogen) atoms. The monoisotopic (exact) mass is 233 g/mol. The minimum absolute atomic E-state index is 0.705. The maximum absolute atomic E-state index is 5.63. The zero-order valence-corrected chi connectivity index (χ0v) is 10.1. The Morgan fingerprint density at radius 1 is 1.38 bits per heavy atom. The van der Waals surface area contributed by atoms with Crippen LogP contribution < -0.4 is 10.6 Å². The second-order valence-corrected chi connectivity index (χ2v) is 4.58. The first kappa shape index (κ1) is 11.0. The summed E-state index contributed by atoms with van der Waals surface area (Å²) in [6.07, 6.45) is 1.70. The van der Waals surface area contributed by atoms with Gasteiger partial charge in [0.15, 0.2) is 0 Å².